The topological polar surface area (TPSA) is 38.3 Å². The van der Waals surface area contributed by atoms with Crippen LogP contribution >= 0.6 is 12.4 Å². The van der Waals surface area contributed by atoms with Crippen LogP contribution in [0.4, 0.5) is 0 Å². The van der Waals surface area contributed by atoms with Crippen LogP contribution in [0, 0.1) is 5.41 Å². The highest BCUT2D eigenvalue weighted by Gasteiger charge is 2.62. The third-order valence-electron chi connectivity index (χ3n) is 2.93. The molecule has 0 spiro atoms. The Morgan fingerprint density at radius 3 is 2.42 bits per heavy atom. The van der Waals surface area contributed by atoms with Crippen molar-refractivity contribution in [3.63, 3.8) is 0 Å². The molecule has 3 rings (SSSR count). The van der Waals surface area contributed by atoms with Gasteiger partial charge in [-0.2, -0.15) is 0 Å². The summed E-state index contributed by atoms with van der Waals surface area (Å²) in [5, 5.41) is 3.33. The van der Waals surface area contributed by atoms with E-state index in [-0.39, 0.29) is 29.3 Å². The smallest absolute Gasteiger partial charge is 0.313 e. The van der Waals surface area contributed by atoms with Crippen molar-refractivity contribution in [3.05, 3.63) is 0 Å². The number of carbonyl (C=O) groups is 1. The molecule has 2 bridgehead atoms. The molecule has 3 fully saturated rings. The number of rotatable bonds is 1. The van der Waals surface area contributed by atoms with Crippen LogP contribution in [-0.2, 0) is 9.53 Å². The molecule has 2 aliphatic heterocycles. The van der Waals surface area contributed by atoms with Crippen molar-refractivity contribution in [2.24, 2.45) is 5.41 Å². The largest absolute Gasteiger partial charge is 0.469 e. The third-order valence-corrected chi connectivity index (χ3v) is 2.93. The number of methoxy groups -OCH3 is 1. The minimum absolute atomic E-state index is 0. The summed E-state index contributed by atoms with van der Waals surface area (Å²) in [6.07, 6.45) is 1.90. The maximum absolute atomic E-state index is 11.3. The lowest BCUT2D eigenvalue weighted by molar-refractivity contribution is -0.156. The standard InChI is InChI=1S/C8H13NO2.ClH/c1-7-3-8(4-7,5-9-7)6(10)11-2;/h9H,3-5H2,1-2H3;1H. The summed E-state index contributed by atoms with van der Waals surface area (Å²) in [6, 6.07) is 0. The molecule has 2 heterocycles. The van der Waals surface area contributed by atoms with Crippen LogP contribution in [0.3, 0.4) is 0 Å². The monoisotopic (exact) mass is 191 g/mol. The first kappa shape index (κ1) is 9.81. The molecule has 0 radical (unpaired) electrons. The van der Waals surface area contributed by atoms with Gasteiger partial charge in [0.1, 0.15) is 0 Å². The van der Waals surface area contributed by atoms with Crippen molar-refractivity contribution in [1.82, 2.24) is 5.32 Å². The average molecular weight is 192 g/mol. The fourth-order valence-electron chi connectivity index (χ4n) is 2.51. The van der Waals surface area contributed by atoms with Gasteiger partial charge in [0.25, 0.3) is 0 Å². The minimum atomic E-state index is -0.163. The summed E-state index contributed by atoms with van der Waals surface area (Å²) in [4.78, 5) is 11.3. The lowest BCUT2D eigenvalue weighted by Crippen LogP contribution is -2.49. The Morgan fingerprint density at radius 1 is 1.50 bits per heavy atom. The number of hydrogen-bond donors (Lipinski definition) is 1. The van der Waals surface area contributed by atoms with Crippen LogP contribution in [0.5, 0.6) is 0 Å². The second-order valence-corrected chi connectivity index (χ2v) is 4.04. The molecule has 70 valence electrons. The molecule has 1 N–H and O–H groups in total. The summed E-state index contributed by atoms with van der Waals surface area (Å²) in [6.45, 7) is 2.96. The van der Waals surface area contributed by atoms with Crippen molar-refractivity contribution in [3.8, 4) is 0 Å². The van der Waals surface area contributed by atoms with E-state index in [0.29, 0.717) is 0 Å². The van der Waals surface area contributed by atoms with Gasteiger partial charge in [0.2, 0.25) is 0 Å². The highest BCUT2D eigenvalue weighted by molar-refractivity contribution is 5.85. The summed E-state index contributed by atoms with van der Waals surface area (Å²) in [5.41, 5.74) is 0.0672. The number of fused-ring (bicyclic) bond motifs is 1. The normalized spacial score (nSPS) is 42.8. The Labute approximate surface area is 78.3 Å². The van der Waals surface area contributed by atoms with Crippen molar-refractivity contribution in [2.75, 3.05) is 13.7 Å². The molecular formula is C8H14ClNO2. The first-order chi connectivity index (χ1) is 5.10. The van der Waals surface area contributed by atoms with Gasteiger partial charge in [-0.15, -0.1) is 12.4 Å². The molecule has 4 heteroatoms. The molecule has 0 atom stereocenters. The molecule has 1 aliphatic carbocycles. The summed E-state index contributed by atoms with van der Waals surface area (Å²) >= 11 is 0. The average Bonchev–Trinajstić information content (AvgIpc) is 2.40. The van der Waals surface area contributed by atoms with E-state index in [1.165, 1.54) is 7.11 Å². The van der Waals surface area contributed by atoms with Gasteiger partial charge in [0, 0.05) is 12.1 Å². The van der Waals surface area contributed by atoms with Gasteiger partial charge in [-0.25, -0.2) is 0 Å². The quantitative estimate of drug-likeness (QED) is 0.621. The fraction of sp³-hybridized carbons (Fsp3) is 0.875. The SMILES string of the molecule is COC(=O)C12CNC(C)(C1)C2.Cl. The summed E-state index contributed by atoms with van der Waals surface area (Å²) in [5.74, 6) is -0.0417. The Balaban J connectivity index is 0.000000720. The van der Waals surface area contributed by atoms with Gasteiger partial charge in [0.05, 0.1) is 12.5 Å². The summed E-state index contributed by atoms with van der Waals surface area (Å²) in [7, 11) is 1.46. The molecule has 2 saturated heterocycles. The second-order valence-electron chi connectivity index (χ2n) is 4.04. The maximum atomic E-state index is 11.3. The van der Waals surface area contributed by atoms with Crippen molar-refractivity contribution in [2.45, 2.75) is 25.3 Å². The van der Waals surface area contributed by atoms with Crippen molar-refractivity contribution >= 4 is 18.4 Å². The Hall–Kier alpha value is -0.280. The zero-order valence-corrected chi connectivity index (χ0v) is 8.16. The molecular weight excluding hydrogens is 178 g/mol. The van der Waals surface area contributed by atoms with E-state index >= 15 is 0 Å². The Bertz CT molecular complexity index is 211. The number of nitrogens with one attached hydrogen (secondary N) is 1. The molecule has 3 nitrogen and oxygen atoms in total. The molecule has 0 unspecified atom stereocenters. The second kappa shape index (κ2) is 2.60. The minimum Gasteiger partial charge on any atom is -0.469 e. The lowest BCUT2D eigenvalue weighted by atomic mass is 9.63. The Morgan fingerprint density at radius 2 is 2.08 bits per heavy atom. The number of ether oxygens (including phenoxy) is 1. The number of carbonyl (C=O) groups excluding carboxylic acids is 1. The van der Waals surface area contributed by atoms with Crippen LogP contribution in [0.1, 0.15) is 19.8 Å². The van der Waals surface area contributed by atoms with Crippen molar-refractivity contribution in [1.29, 1.82) is 0 Å². The van der Waals surface area contributed by atoms with E-state index in [1.54, 1.807) is 0 Å². The molecule has 0 amide bonds. The highest BCUT2D eigenvalue weighted by Crippen LogP contribution is 2.54. The molecule has 12 heavy (non-hydrogen) atoms. The predicted octanol–water partition coefficient (Wildman–Crippen LogP) is 0.723. The number of halogens is 1. The summed E-state index contributed by atoms with van der Waals surface area (Å²) < 4.78 is 4.74. The van der Waals surface area contributed by atoms with Crippen LogP contribution in [0.2, 0.25) is 0 Å². The lowest BCUT2D eigenvalue weighted by Gasteiger charge is -2.41. The van der Waals surface area contributed by atoms with E-state index in [2.05, 4.69) is 12.2 Å². The zero-order chi connectivity index (χ0) is 8.11. The van der Waals surface area contributed by atoms with Crippen LogP contribution in [0.15, 0.2) is 0 Å². The van der Waals surface area contributed by atoms with Crippen molar-refractivity contribution < 1.29 is 9.53 Å². The molecule has 0 aromatic carbocycles. The van der Waals surface area contributed by atoms with Gasteiger partial charge in [-0.3, -0.25) is 4.79 Å². The van der Waals surface area contributed by atoms with E-state index < -0.39 is 0 Å². The highest BCUT2D eigenvalue weighted by atomic mass is 35.5. The molecule has 0 aromatic rings. The van der Waals surface area contributed by atoms with Gasteiger partial charge in [-0.05, 0) is 19.8 Å². The third kappa shape index (κ3) is 1.04. The molecule has 3 aliphatic rings. The molecule has 0 aromatic heterocycles. The van der Waals surface area contributed by atoms with Crippen LogP contribution < -0.4 is 5.32 Å². The van der Waals surface area contributed by atoms with E-state index in [1.807, 2.05) is 0 Å². The number of esters is 1. The molecule has 1 saturated carbocycles. The van der Waals surface area contributed by atoms with E-state index in [0.717, 1.165) is 19.4 Å². The predicted molar refractivity (Wildman–Crippen MR) is 47.3 cm³/mol. The van der Waals surface area contributed by atoms with Crippen LogP contribution in [-0.4, -0.2) is 25.2 Å². The fourth-order valence-corrected chi connectivity index (χ4v) is 2.51. The maximum Gasteiger partial charge on any atom is 0.313 e. The zero-order valence-electron chi connectivity index (χ0n) is 7.35. The van der Waals surface area contributed by atoms with Gasteiger partial charge in [-0.1, -0.05) is 0 Å². The van der Waals surface area contributed by atoms with Gasteiger partial charge < -0.3 is 10.1 Å². The first-order valence-corrected chi connectivity index (χ1v) is 3.94. The number of hydrogen-bond acceptors (Lipinski definition) is 3. The Kier molecular flexibility index (Phi) is 2.13. The van der Waals surface area contributed by atoms with Crippen LogP contribution in [0.25, 0.3) is 0 Å². The first-order valence-electron chi connectivity index (χ1n) is 3.94. The van der Waals surface area contributed by atoms with Gasteiger partial charge in [0.15, 0.2) is 0 Å². The van der Waals surface area contributed by atoms with Gasteiger partial charge >= 0.3 is 5.97 Å². The van der Waals surface area contributed by atoms with E-state index in [9.17, 15) is 4.79 Å². The van der Waals surface area contributed by atoms with E-state index in [4.69, 9.17) is 4.74 Å².